The quantitative estimate of drug-likeness (QED) is 0.0101. The Kier molecular flexibility index (Phi) is 23.7. The Hall–Kier alpha value is -9.52. The van der Waals surface area contributed by atoms with Crippen molar-refractivity contribution in [2.45, 2.75) is 139 Å². The van der Waals surface area contributed by atoms with Gasteiger partial charge in [0, 0.05) is 79.9 Å². The Balaban J connectivity index is 0.819. The lowest BCUT2D eigenvalue weighted by molar-refractivity contribution is -0.148. The number of nitrogens with two attached hydrogens (primary N) is 4. The van der Waals surface area contributed by atoms with Crippen molar-refractivity contribution < 1.29 is 66.8 Å². The zero-order valence-electron chi connectivity index (χ0n) is 53.6. The number of nitrogens with one attached hydrogen (secondary N) is 3. The lowest BCUT2D eigenvalue weighted by Gasteiger charge is -2.56. The number of piperidine rings is 2. The number of carbonyl (C=O) groups is 8. The first-order valence-electron chi connectivity index (χ1n) is 32.3. The molecule has 25 heteroatoms. The average Bonchev–Trinajstić information content (AvgIpc) is 1.47. The topological polar surface area (TPSA) is 363 Å². The van der Waals surface area contributed by atoms with Crippen LogP contribution < -0.4 is 57.8 Å². The number of benzene rings is 4. The summed E-state index contributed by atoms with van der Waals surface area (Å²) in [5, 5.41) is 8.75. The third-order valence-corrected chi connectivity index (χ3v) is 18.4. The number of aliphatic imine (C=N–C) groups is 2. The van der Waals surface area contributed by atoms with Crippen molar-refractivity contribution in [3.05, 3.63) is 125 Å². The van der Waals surface area contributed by atoms with E-state index in [0.29, 0.717) is 67.2 Å². The summed E-state index contributed by atoms with van der Waals surface area (Å²) in [6.07, 6.45) is 5.24. The normalized spacial score (nSPS) is 20.4. The first-order valence-corrected chi connectivity index (χ1v) is 32.3. The number of unbranched alkanes of at least 4 members (excludes halogenated alkanes) is 1. The van der Waals surface area contributed by atoms with Crippen molar-refractivity contribution in [3.8, 4) is 23.0 Å². The lowest BCUT2D eigenvalue weighted by atomic mass is 9.53. The van der Waals surface area contributed by atoms with Gasteiger partial charge in [-0.15, -0.1) is 0 Å². The molecule has 3 aliphatic heterocycles. The van der Waals surface area contributed by atoms with Gasteiger partial charge in [-0.2, -0.15) is 0 Å². The Labute approximate surface area is 547 Å². The predicted octanol–water partition coefficient (Wildman–Crippen LogP) is 5.69. The molecule has 2 unspecified atom stereocenters. The third kappa shape index (κ3) is 17.6. The highest BCUT2D eigenvalue weighted by Gasteiger charge is 2.65. The highest BCUT2D eigenvalue weighted by Crippen LogP contribution is 2.64. The van der Waals surface area contributed by atoms with Crippen molar-refractivity contribution in [3.63, 3.8) is 0 Å². The molecule has 0 radical (unpaired) electrons. The first-order chi connectivity index (χ1) is 45.3. The van der Waals surface area contributed by atoms with Gasteiger partial charge in [-0.1, -0.05) is 48.9 Å². The van der Waals surface area contributed by atoms with E-state index in [1.165, 1.54) is 18.6 Å². The van der Waals surface area contributed by atoms with Crippen LogP contribution in [-0.2, 0) is 56.7 Å². The summed E-state index contributed by atoms with van der Waals surface area (Å²) in [6, 6.07) is 24.7. The molecule has 2 aliphatic carbocycles. The molecule has 5 aliphatic rings. The maximum atomic E-state index is 14.8. The molecule has 9 rings (SSSR count). The molecular formula is C69H87N11O14. The zero-order chi connectivity index (χ0) is 66.9. The van der Waals surface area contributed by atoms with Gasteiger partial charge in [0.2, 0.25) is 17.7 Å². The van der Waals surface area contributed by atoms with Crippen LogP contribution >= 0.6 is 0 Å². The molecule has 502 valence electrons. The number of likely N-dealkylation sites (N-methyl/N-ethyl adjacent to an activating group) is 1. The fourth-order valence-electron chi connectivity index (χ4n) is 13.7. The van der Waals surface area contributed by atoms with Gasteiger partial charge >= 0.3 is 18.0 Å². The summed E-state index contributed by atoms with van der Waals surface area (Å²) < 4.78 is 36.1. The summed E-state index contributed by atoms with van der Waals surface area (Å²) in [4.78, 5) is 120. The minimum absolute atomic E-state index is 0.0128. The highest BCUT2D eigenvalue weighted by molar-refractivity contribution is 5.92. The van der Waals surface area contributed by atoms with E-state index in [1.807, 2.05) is 42.5 Å². The molecule has 25 nitrogen and oxygen atoms in total. The number of hydrogen-bond acceptors (Lipinski definition) is 17. The Morgan fingerprint density at radius 2 is 1.62 bits per heavy atom. The van der Waals surface area contributed by atoms with E-state index in [-0.39, 0.29) is 143 Å². The van der Waals surface area contributed by atoms with E-state index in [1.54, 1.807) is 54.5 Å². The second-order valence-electron chi connectivity index (χ2n) is 24.8. The largest absolute Gasteiger partial charge is 0.493 e. The smallest absolute Gasteiger partial charge is 0.415 e. The molecule has 0 saturated carbocycles. The summed E-state index contributed by atoms with van der Waals surface area (Å²) in [5.74, 6) is -1.64. The van der Waals surface area contributed by atoms with Crippen LogP contribution in [0.4, 0.5) is 10.5 Å². The predicted molar refractivity (Wildman–Crippen MR) is 349 cm³/mol. The van der Waals surface area contributed by atoms with Gasteiger partial charge in [-0.05, 0) is 150 Å². The van der Waals surface area contributed by atoms with Gasteiger partial charge in [0.1, 0.15) is 36.3 Å². The number of ether oxygens (including phenoxy) is 6. The molecule has 11 N–H and O–H groups in total. The van der Waals surface area contributed by atoms with Crippen LogP contribution in [0.15, 0.2) is 113 Å². The van der Waals surface area contributed by atoms with E-state index < -0.39 is 59.4 Å². The Morgan fingerprint density at radius 3 is 2.37 bits per heavy atom. The number of amides is 4. The number of likely N-dealkylation sites (tertiary alicyclic amines) is 2. The van der Waals surface area contributed by atoms with Gasteiger partial charge in [0.25, 0.3) is 0 Å². The number of rotatable bonds is 32. The molecule has 0 aromatic heterocycles. The third-order valence-electron chi connectivity index (χ3n) is 18.4. The summed E-state index contributed by atoms with van der Waals surface area (Å²) in [6.45, 7) is 3.05. The van der Waals surface area contributed by atoms with E-state index in [9.17, 15) is 38.4 Å². The first kappa shape index (κ1) is 68.8. The minimum Gasteiger partial charge on any atom is -0.493 e. The van der Waals surface area contributed by atoms with Crippen LogP contribution in [0.2, 0.25) is 0 Å². The SMILES string of the molecule is COc1ccc2c3c1O[C@H]1C(OC(=O)N4CCC(C(=O)NCCCC[C@H](CC(=O)OCc5ccccc5)C(=O)NCCOc5ccc(C(=O)Oc6cccc(N=C(N)N)c6)cc5)CC4CCC(=O)[C@H](CCCN=C(N)N)NC(=O)CCC(C)=O)=CC[C@H]4[C@@H](C2)N(C)CC[C@]314. The number of allylic oxidation sites excluding steroid dienone is 1. The van der Waals surface area contributed by atoms with E-state index in [2.05, 4.69) is 43.9 Å². The maximum absolute atomic E-state index is 14.8. The monoisotopic (exact) mass is 1290 g/mol. The van der Waals surface area contributed by atoms with Crippen molar-refractivity contribution in [2.75, 3.05) is 53.5 Å². The van der Waals surface area contributed by atoms with Crippen LogP contribution in [0.3, 0.4) is 0 Å². The fraction of sp³-hybridized carbons (Fsp3) is 0.478. The Bertz CT molecular complexity index is 3480. The maximum Gasteiger partial charge on any atom is 0.415 e. The number of methoxy groups -OCH3 is 1. The summed E-state index contributed by atoms with van der Waals surface area (Å²) in [5.41, 5.74) is 25.4. The standard InChI is InChI=1S/C69H87N11O14/c1-42(81)17-28-58(83)78-53(16-10-32-76-66(70)71)55(82)25-21-49-37-47(29-34-80(49)68(88)93-57-27-24-52-54-38-45-20-26-56(89-3)61-60(45)69(52,62(57)94-61)30-35-79(54)2)64(86)74-31-8-7-13-46(39-59(84)91-41-43-11-5-4-6-12-43)63(85)75-33-36-90-50-22-18-44(19-23-50)65(87)92-51-15-9-14-48(40-51)77-67(72)73/h4-6,9,11-12,14-15,18-20,22-23,26-27,40,46-47,49,52-54,62H,7-8,10,13,16-17,21,24-25,28-39,41H2,1-3H3,(H,74,86)(H,75,85)(H,78,83)(H4,70,71,76)(H4,72,73,77)/t46-,47?,49?,52+,53+,54-,62+,69+/m1/s1. The summed E-state index contributed by atoms with van der Waals surface area (Å²) >= 11 is 0. The van der Waals surface area contributed by atoms with E-state index >= 15 is 0 Å². The molecule has 2 bridgehead atoms. The number of esters is 2. The van der Waals surface area contributed by atoms with Gasteiger partial charge in [-0.3, -0.25) is 29.0 Å². The second kappa shape index (κ2) is 32.4. The van der Waals surface area contributed by atoms with Gasteiger partial charge in [0.05, 0.1) is 37.4 Å². The van der Waals surface area contributed by atoms with Crippen molar-refractivity contribution in [2.24, 2.45) is 50.7 Å². The number of hydrogen-bond donors (Lipinski definition) is 7. The molecular weight excluding hydrogens is 1210 g/mol. The van der Waals surface area contributed by atoms with Crippen molar-refractivity contribution >= 4 is 64.9 Å². The van der Waals surface area contributed by atoms with Crippen molar-refractivity contribution in [1.29, 1.82) is 0 Å². The van der Waals surface area contributed by atoms with Gasteiger partial charge in [0.15, 0.2) is 35.3 Å². The molecule has 4 aromatic rings. The molecule has 94 heavy (non-hydrogen) atoms. The lowest BCUT2D eigenvalue weighted by Crippen LogP contribution is -2.63. The molecule has 4 aromatic carbocycles. The molecule has 4 amide bonds. The number of nitrogens with zero attached hydrogens (tertiary/aromatic N) is 4. The second-order valence-corrected chi connectivity index (χ2v) is 24.8. The van der Waals surface area contributed by atoms with Crippen LogP contribution in [0.25, 0.3) is 0 Å². The van der Waals surface area contributed by atoms with Crippen molar-refractivity contribution in [1.82, 2.24) is 25.8 Å². The number of guanidine groups is 2. The number of ketones is 2. The van der Waals surface area contributed by atoms with Crippen LogP contribution in [0.1, 0.15) is 124 Å². The highest BCUT2D eigenvalue weighted by atomic mass is 16.6. The van der Waals surface area contributed by atoms with E-state index in [0.717, 1.165) is 30.5 Å². The average molecular weight is 1290 g/mol. The summed E-state index contributed by atoms with van der Waals surface area (Å²) in [7, 11) is 3.78. The molecule has 2 saturated heterocycles. The van der Waals surface area contributed by atoms with Crippen LogP contribution in [0.5, 0.6) is 23.0 Å². The van der Waals surface area contributed by atoms with Crippen LogP contribution in [-0.4, -0.2) is 147 Å². The van der Waals surface area contributed by atoms with E-state index in [4.69, 9.17) is 51.4 Å². The Morgan fingerprint density at radius 1 is 0.819 bits per heavy atom. The number of Topliss-reactive ketones (excluding diaryl/α,β-unsaturated/α-hetero) is 2. The molecule has 8 atom stereocenters. The van der Waals surface area contributed by atoms with Gasteiger partial charge in [-0.25, -0.2) is 14.6 Å². The fourth-order valence-corrected chi connectivity index (χ4v) is 13.7. The minimum atomic E-state index is -0.930. The number of carbonyl (C=O) groups excluding carboxylic acids is 8. The molecule has 2 fully saturated rings. The van der Waals surface area contributed by atoms with Crippen LogP contribution in [0, 0.1) is 17.8 Å². The zero-order valence-corrected chi connectivity index (χ0v) is 53.6. The van der Waals surface area contributed by atoms with Gasteiger partial charge < -0.3 is 81.9 Å². The molecule has 1 spiro atoms. The molecule has 3 heterocycles.